The maximum atomic E-state index is 5.88. The Morgan fingerprint density at radius 1 is 0.595 bits per heavy atom. The van der Waals surface area contributed by atoms with Gasteiger partial charge in [0.1, 0.15) is 5.75 Å². The van der Waals surface area contributed by atoms with E-state index < -0.39 is 0 Å². The Morgan fingerprint density at radius 3 is 1.70 bits per heavy atom. The van der Waals surface area contributed by atoms with Crippen LogP contribution in [0.15, 0.2) is 59.3 Å². The number of aryl methyl sites for hydroxylation is 1. The van der Waals surface area contributed by atoms with Crippen molar-refractivity contribution < 1.29 is 4.74 Å². The van der Waals surface area contributed by atoms with Crippen molar-refractivity contribution in [3.63, 3.8) is 0 Å². The summed E-state index contributed by atoms with van der Waals surface area (Å²) in [5.41, 5.74) is 5.73. The van der Waals surface area contributed by atoms with Crippen molar-refractivity contribution >= 4 is 22.7 Å². The topological polar surface area (TPSA) is 35.0 Å². The van der Waals surface area contributed by atoms with Crippen LogP contribution in [0, 0.1) is 0 Å². The average molecular weight is 533 g/mol. The lowest BCUT2D eigenvalue weighted by atomic mass is 10.0. The molecule has 0 spiro atoms. The van der Waals surface area contributed by atoms with Gasteiger partial charge in [-0.05, 0) is 49.1 Å². The number of aromatic nitrogens is 2. The number of rotatable bonds is 16. The first-order chi connectivity index (χ1) is 18.3. The van der Waals surface area contributed by atoms with E-state index in [1.54, 1.807) is 22.7 Å². The van der Waals surface area contributed by atoms with Crippen molar-refractivity contribution in [3.05, 3.63) is 64.9 Å². The highest BCUT2D eigenvalue weighted by Gasteiger charge is 2.12. The fraction of sp³-hybridized carbons (Fsp3) is 0.438. The van der Waals surface area contributed by atoms with Crippen LogP contribution in [0.1, 0.15) is 83.6 Å². The molecule has 4 rings (SSSR count). The molecule has 196 valence electrons. The maximum absolute atomic E-state index is 5.88. The highest BCUT2D eigenvalue weighted by molar-refractivity contribution is 7.20. The first-order valence-corrected chi connectivity index (χ1v) is 15.8. The molecule has 0 unspecified atom stereocenters. The Bertz CT molecular complexity index is 1180. The standard InChI is InChI=1S/C32H40N2OS2/c1-3-5-7-9-10-11-13-25-14-16-26(17-15-25)29-23-36-31(33-29)32-34-30(24-37-32)27-18-20-28(21-19-27)35-22-12-8-6-4-2/h14-21,23-24H,3-13,22H2,1-2H3. The summed E-state index contributed by atoms with van der Waals surface area (Å²) in [6, 6.07) is 17.2. The first-order valence-electron chi connectivity index (χ1n) is 14.0. The number of nitrogens with zero attached hydrogens (tertiary/aromatic N) is 2. The van der Waals surface area contributed by atoms with Gasteiger partial charge in [0.25, 0.3) is 0 Å². The van der Waals surface area contributed by atoms with Crippen molar-refractivity contribution in [3.8, 4) is 38.3 Å². The summed E-state index contributed by atoms with van der Waals surface area (Å²) in [6.07, 6.45) is 14.1. The fourth-order valence-electron chi connectivity index (χ4n) is 4.40. The lowest BCUT2D eigenvalue weighted by Gasteiger charge is -2.06. The molecule has 0 aliphatic carbocycles. The molecule has 0 N–H and O–H groups in total. The fourth-order valence-corrected chi connectivity index (χ4v) is 6.11. The second-order valence-corrected chi connectivity index (χ2v) is 11.4. The molecule has 0 fully saturated rings. The van der Waals surface area contributed by atoms with E-state index in [-0.39, 0.29) is 0 Å². The van der Waals surface area contributed by atoms with Crippen molar-refractivity contribution in [2.75, 3.05) is 6.61 Å². The first kappa shape index (κ1) is 27.5. The van der Waals surface area contributed by atoms with Crippen LogP contribution in [0.3, 0.4) is 0 Å². The summed E-state index contributed by atoms with van der Waals surface area (Å²) in [5, 5.41) is 6.22. The van der Waals surface area contributed by atoms with Crippen LogP contribution >= 0.6 is 22.7 Å². The summed E-state index contributed by atoms with van der Waals surface area (Å²) >= 11 is 3.32. The molecule has 0 amide bonds. The smallest absolute Gasteiger partial charge is 0.152 e. The number of benzene rings is 2. The van der Waals surface area contributed by atoms with Gasteiger partial charge >= 0.3 is 0 Å². The molecule has 2 aromatic heterocycles. The molecule has 0 saturated heterocycles. The van der Waals surface area contributed by atoms with E-state index in [4.69, 9.17) is 14.7 Å². The van der Waals surface area contributed by atoms with Gasteiger partial charge in [0.2, 0.25) is 0 Å². The van der Waals surface area contributed by atoms with Gasteiger partial charge in [0.05, 0.1) is 18.0 Å². The van der Waals surface area contributed by atoms with E-state index in [0.29, 0.717) is 0 Å². The minimum absolute atomic E-state index is 0.786. The molecule has 0 aliphatic rings. The van der Waals surface area contributed by atoms with Crippen molar-refractivity contribution in [1.82, 2.24) is 9.97 Å². The largest absolute Gasteiger partial charge is 0.494 e. The highest BCUT2D eigenvalue weighted by atomic mass is 32.1. The number of hydrogen-bond donors (Lipinski definition) is 0. The molecule has 0 saturated carbocycles. The van der Waals surface area contributed by atoms with E-state index in [1.807, 2.05) is 12.1 Å². The molecule has 2 heterocycles. The second kappa shape index (κ2) is 15.0. The zero-order valence-corrected chi connectivity index (χ0v) is 24.0. The van der Waals surface area contributed by atoms with Gasteiger partial charge in [0.15, 0.2) is 10.0 Å². The van der Waals surface area contributed by atoms with E-state index in [0.717, 1.165) is 45.7 Å². The molecule has 0 bridgehead atoms. The predicted octanol–water partition coefficient (Wildman–Crippen LogP) is 10.5. The van der Waals surface area contributed by atoms with Gasteiger partial charge in [-0.25, -0.2) is 9.97 Å². The van der Waals surface area contributed by atoms with Crippen LogP contribution in [-0.2, 0) is 6.42 Å². The third kappa shape index (κ3) is 8.51. The monoisotopic (exact) mass is 532 g/mol. The van der Waals surface area contributed by atoms with E-state index in [9.17, 15) is 0 Å². The molecule has 3 nitrogen and oxygen atoms in total. The van der Waals surface area contributed by atoms with E-state index in [1.165, 1.54) is 75.3 Å². The Labute approximate surface area is 231 Å². The molecule has 2 aromatic carbocycles. The summed E-state index contributed by atoms with van der Waals surface area (Å²) in [4.78, 5) is 9.79. The summed E-state index contributed by atoms with van der Waals surface area (Å²) in [5.74, 6) is 0.929. The van der Waals surface area contributed by atoms with Crippen LogP contribution in [0.4, 0.5) is 0 Å². The van der Waals surface area contributed by atoms with Crippen LogP contribution in [0.5, 0.6) is 5.75 Å². The Morgan fingerprint density at radius 2 is 1.11 bits per heavy atom. The maximum Gasteiger partial charge on any atom is 0.152 e. The van der Waals surface area contributed by atoms with Gasteiger partial charge < -0.3 is 4.74 Å². The lowest BCUT2D eigenvalue weighted by molar-refractivity contribution is 0.305. The average Bonchev–Trinajstić information content (AvgIpc) is 3.62. The normalized spacial score (nSPS) is 11.2. The molecule has 0 atom stereocenters. The predicted molar refractivity (Wildman–Crippen MR) is 161 cm³/mol. The van der Waals surface area contributed by atoms with Crippen molar-refractivity contribution in [2.24, 2.45) is 0 Å². The molecule has 5 heteroatoms. The number of ether oxygens (including phenoxy) is 1. The number of thiazole rings is 2. The second-order valence-electron chi connectivity index (χ2n) is 9.72. The molecule has 0 radical (unpaired) electrons. The van der Waals surface area contributed by atoms with Crippen LogP contribution in [0.25, 0.3) is 32.5 Å². The lowest BCUT2D eigenvalue weighted by Crippen LogP contribution is -1.96. The Hall–Kier alpha value is -2.50. The Kier molecular flexibility index (Phi) is 11.2. The third-order valence-electron chi connectivity index (χ3n) is 6.68. The molecule has 37 heavy (non-hydrogen) atoms. The molecular formula is C32H40N2OS2. The minimum atomic E-state index is 0.786. The van der Waals surface area contributed by atoms with Gasteiger partial charge in [-0.2, -0.15) is 0 Å². The van der Waals surface area contributed by atoms with E-state index in [2.05, 4.69) is 61.0 Å². The number of hydrogen-bond acceptors (Lipinski definition) is 5. The summed E-state index contributed by atoms with van der Waals surface area (Å²) in [6.45, 7) is 5.29. The van der Waals surface area contributed by atoms with Crippen LogP contribution in [0.2, 0.25) is 0 Å². The zero-order valence-electron chi connectivity index (χ0n) is 22.4. The molecule has 0 aliphatic heterocycles. The van der Waals surface area contributed by atoms with Gasteiger partial charge in [-0.3, -0.25) is 0 Å². The zero-order chi connectivity index (χ0) is 25.7. The van der Waals surface area contributed by atoms with Crippen LogP contribution < -0.4 is 4.74 Å². The van der Waals surface area contributed by atoms with Crippen LogP contribution in [-0.4, -0.2) is 16.6 Å². The number of unbranched alkanes of at least 4 members (excludes halogenated alkanes) is 8. The quantitative estimate of drug-likeness (QED) is 0.135. The molecular weight excluding hydrogens is 492 g/mol. The minimum Gasteiger partial charge on any atom is -0.494 e. The van der Waals surface area contributed by atoms with Gasteiger partial charge in [0, 0.05) is 21.9 Å². The SMILES string of the molecule is CCCCCCCCc1ccc(-c2csc(-c3nc(-c4ccc(OCCCCCC)cc4)cs3)n2)cc1. The van der Waals surface area contributed by atoms with Gasteiger partial charge in [-0.1, -0.05) is 89.5 Å². The summed E-state index contributed by atoms with van der Waals surface area (Å²) in [7, 11) is 0. The van der Waals surface area contributed by atoms with E-state index >= 15 is 0 Å². The van der Waals surface area contributed by atoms with Crippen molar-refractivity contribution in [1.29, 1.82) is 0 Å². The summed E-state index contributed by atoms with van der Waals surface area (Å²) < 4.78 is 5.88. The van der Waals surface area contributed by atoms with Gasteiger partial charge in [-0.15, -0.1) is 22.7 Å². The highest BCUT2D eigenvalue weighted by Crippen LogP contribution is 2.34. The third-order valence-corrected chi connectivity index (χ3v) is 8.50. The van der Waals surface area contributed by atoms with Crippen molar-refractivity contribution in [2.45, 2.75) is 84.5 Å². The molecule has 4 aromatic rings. The Balaban J connectivity index is 1.30.